The molecule has 2 N–H and O–H groups in total. The monoisotopic (exact) mass is 193 g/mol. The van der Waals surface area contributed by atoms with Crippen molar-refractivity contribution >= 4 is 11.5 Å². The quantitative estimate of drug-likeness (QED) is 0.688. The van der Waals surface area contributed by atoms with Crippen molar-refractivity contribution in [1.29, 1.82) is 0 Å². The zero-order valence-electron chi connectivity index (χ0n) is 7.78. The molecule has 3 nitrogen and oxygen atoms in total. The summed E-state index contributed by atoms with van der Waals surface area (Å²) in [6, 6.07) is 1.31. The summed E-state index contributed by atoms with van der Waals surface area (Å²) in [6.45, 7) is 1.68. The molecule has 0 bridgehead atoms. The van der Waals surface area contributed by atoms with Crippen molar-refractivity contribution in [2.75, 3.05) is 23.7 Å². The molecular weight excluding hydrogens is 181 g/mol. The predicted octanol–water partition coefficient (Wildman–Crippen LogP) is 1.57. The molecule has 0 amide bonds. The Morgan fingerprint density at radius 1 is 1.43 bits per heavy atom. The minimum atomic E-state index is -0.390. The number of hydrogen-bond acceptors (Lipinski definition) is 3. The van der Waals surface area contributed by atoms with Crippen LogP contribution in [-0.4, -0.2) is 18.1 Å². The average Bonchev–Trinajstić information content (AvgIpc) is 2.19. The van der Waals surface area contributed by atoms with Crippen LogP contribution >= 0.6 is 0 Å². The van der Waals surface area contributed by atoms with Gasteiger partial charge in [0.05, 0.1) is 11.9 Å². The smallest absolute Gasteiger partial charge is 0.152 e. The van der Waals surface area contributed by atoms with Crippen LogP contribution in [0.4, 0.5) is 15.9 Å². The van der Waals surface area contributed by atoms with Crippen molar-refractivity contribution in [2.45, 2.75) is 6.42 Å². The van der Waals surface area contributed by atoms with Crippen molar-refractivity contribution in [3.8, 4) is 0 Å². The van der Waals surface area contributed by atoms with Crippen LogP contribution in [0.3, 0.4) is 0 Å². The molecule has 2 heterocycles. The second kappa shape index (κ2) is 3.65. The summed E-state index contributed by atoms with van der Waals surface area (Å²) in [7, 11) is 0. The van der Waals surface area contributed by atoms with Gasteiger partial charge in [-0.2, -0.15) is 0 Å². The van der Waals surface area contributed by atoms with Gasteiger partial charge in [-0.25, -0.2) is 9.37 Å². The lowest BCUT2D eigenvalue weighted by Gasteiger charge is -2.25. The summed E-state index contributed by atoms with van der Waals surface area (Å²) in [5, 5.41) is 0. The fourth-order valence-corrected chi connectivity index (χ4v) is 1.55. The fraction of sp³-hybridized carbons (Fsp3) is 0.300. The predicted molar refractivity (Wildman–Crippen MR) is 54.6 cm³/mol. The summed E-state index contributed by atoms with van der Waals surface area (Å²) < 4.78 is 12.7. The Morgan fingerprint density at radius 3 is 2.93 bits per heavy atom. The Balaban J connectivity index is 2.27. The number of pyridine rings is 1. The van der Waals surface area contributed by atoms with Gasteiger partial charge < -0.3 is 10.6 Å². The maximum absolute atomic E-state index is 12.7. The first-order valence-corrected chi connectivity index (χ1v) is 4.58. The third kappa shape index (κ3) is 1.69. The van der Waals surface area contributed by atoms with E-state index < -0.39 is 0 Å². The molecule has 0 spiro atoms. The largest absolute Gasteiger partial charge is 0.396 e. The standard InChI is InChI=1S/C10H12FN3/c11-8-6-9(12)10(13-7-8)14-4-2-1-3-5-14/h1-2,6-7H,3-5,12H2. The van der Waals surface area contributed by atoms with Gasteiger partial charge in [0.15, 0.2) is 5.82 Å². The molecule has 0 radical (unpaired) electrons. The number of halogens is 1. The first kappa shape index (κ1) is 8.99. The Kier molecular flexibility index (Phi) is 2.35. The highest BCUT2D eigenvalue weighted by atomic mass is 19.1. The topological polar surface area (TPSA) is 42.1 Å². The minimum Gasteiger partial charge on any atom is -0.396 e. The van der Waals surface area contributed by atoms with Crippen LogP contribution in [0.15, 0.2) is 24.4 Å². The van der Waals surface area contributed by atoms with E-state index in [2.05, 4.69) is 17.1 Å². The summed E-state index contributed by atoms with van der Waals surface area (Å²) in [5.74, 6) is 0.287. The van der Waals surface area contributed by atoms with E-state index in [1.165, 1.54) is 12.3 Å². The molecule has 0 saturated carbocycles. The van der Waals surface area contributed by atoms with Crippen LogP contribution in [0.5, 0.6) is 0 Å². The summed E-state index contributed by atoms with van der Waals surface area (Å²) in [5.41, 5.74) is 6.09. The number of anilines is 2. The van der Waals surface area contributed by atoms with Crippen LogP contribution < -0.4 is 10.6 Å². The Labute approximate surface area is 82.0 Å². The van der Waals surface area contributed by atoms with Gasteiger partial charge in [-0.1, -0.05) is 12.2 Å². The van der Waals surface area contributed by atoms with E-state index in [4.69, 9.17) is 5.73 Å². The highest BCUT2D eigenvalue weighted by molar-refractivity contribution is 5.62. The van der Waals surface area contributed by atoms with Gasteiger partial charge in [-0.3, -0.25) is 0 Å². The number of rotatable bonds is 1. The minimum absolute atomic E-state index is 0.390. The van der Waals surface area contributed by atoms with Crippen LogP contribution in [0.25, 0.3) is 0 Å². The van der Waals surface area contributed by atoms with Crippen molar-refractivity contribution in [1.82, 2.24) is 4.98 Å². The van der Waals surface area contributed by atoms with E-state index in [-0.39, 0.29) is 5.82 Å². The zero-order valence-corrected chi connectivity index (χ0v) is 7.78. The Morgan fingerprint density at radius 2 is 2.29 bits per heavy atom. The lowest BCUT2D eigenvalue weighted by molar-refractivity contribution is 0.621. The molecule has 0 atom stereocenters. The lowest BCUT2D eigenvalue weighted by Crippen LogP contribution is -2.28. The molecule has 4 heteroatoms. The molecule has 0 fully saturated rings. The molecule has 14 heavy (non-hydrogen) atoms. The Hall–Kier alpha value is -1.58. The van der Waals surface area contributed by atoms with E-state index in [9.17, 15) is 4.39 Å². The number of nitrogens with zero attached hydrogens (tertiary/aromatic N) is 2. The van der Waals surface area contributed by atoms with E-state index >= 15 is 0 Å². The SMILES string of the molecule is Nc1cc(F)cnc1N1CC=CCC1. The maximum atomic E-state index is 12.7. The molecule has 74 valence electrons. The number of nitrogens with two attached hydrogens (primary N) is 1. The second-order valence-electron chi connectivity index (χ2n) is 3.27. The average molecular weight is 193 g/mol. The number of aromatic nitrogens is 1. The van der Waals surface area contributed by atoms with Crippen molar-refractivity contribution in [3.05, 3.63) is 30.2 Å². The van der Waals surface area contributed by atoms with E-state index in [1.54, 1.807) is 0 Å². The van der Waals surface area contributed by atoms with Gasteiger partial charge in [-0.05, 0) is 6.42 Å². The van der Waals surface area contributed by atoms with E-state index in [0.29, 0.717) is 11.5 Å². The molecular formula is C10H12FN3. The van der Waals surface area contributed by atoms with Gasteiger partial charge >= 0.3 is 0 Å². The van der Waals surface area contributed by atoms with Gasteiger partial charge in [0.2, 0.25) is 0 Å². The van der Waals surface area contributed by atoms with Gasteiger partial charge in [0, 0.05) is 19.2 Å². The first-order valence-electron chi connectivity index (χ1n) is 4.58. The van der Waals surface area contributed by atoms with Crippen molar-refractivity contribution in [2.24, 2.45) is 0 Å². The highest BCUT2D eigenvalue weighted by Gasteiger charge is 2.12. The fourth-order valence-electron chi connectivity index (χ4n) is 1.55. The normalized spacial score (nSPS) is 15.9. The molecule has 1 aliphatic rings. The molecule has 2 rings (SSSR count). The molecule has 0 saturated heterocycles. The first-order chi connectivity index (χ1) is 6.77. The molecule has 1 aromatic heterocycles. The molecule has 0 aromatic carbocycles. The lowest BCUT2D eigenvalue weighted by atomic mass is 10.2. The molecule has 1 aromatic rings. The third-order valence-corrected chi connectivity index (χ3v) is 2.22. The molecule has 1 aliphatic heterocycles. The van der Waals surface area contributed by atoms with Crippen LogP contribution in [0.1, 0.15) is 6.42 Å². The van der Waals surface area contributed by atoms with Crippen molar-refractivity contribution in [3.63, 3.8) is 0 Å². The van der Waals surface area contributed by atoms with E-state index in [0.717, 1.165) is 19.5 Å². The summed E-state index contributed by atoms with van der Waals surface area (Å²) in [6.07, 6.45) is 6.37. The summed E-state index contributed by atoms with van der Waals surface area (Å²) in [4.78, 5) is 6.03. The van der Waals surface area contributed by atoms with Crippen LogP contribution in [0.2, 0.25) is 0 Å². The van der Waals surface area contributed by atoms with Crippen molar-refractivity contribution < 1.29 is 4.39 Å². The zero-order chi connectivity index (χ0) is 9.97. The number of nitrogen functional groups attached to an aromatic ring is 1. The van der Waals surface area contributed by atoms with Gasteiger partial charge in [0.1, 0.15) is 5.82 Å². The van der Waals surface area contributed by atoms with Crippen LogP contribution in [-0.2, 0) is 0 Å². The van der Waals surface area contributed by atoms with Gasteiger partial charge in [0.25, 0.3) is 0 Å². The van der Waals surface area contributed by atoms with E-state index in [1.807, 2.05) is 4.90 Å². The Bertz CT molecular complexity index is 362. The third-order valence-electron chi connectivity index (χ3n) is 2.22. The molecule has 0 aliphatic carbocycles. The second-order valence-corrected chi connectivity index (χ2v) is 3.27. The van der Waals surface area contributed by atoms with Crippen LogP contribution in [0, 0.1) is 5.82 Å². The summed E-state index contributed by atoms with van der Waals surface area (Å²) >= 11 is 0. The maximum Gasteiger partial charge on any atom is 0.152 e. The molecule has 0 unspecified atom stereocenters. The highest BCUT2D eigenvalue weighted by Crippen LogP contribution is 2.21. The van der Waals surface area contributed by atoms with Gasteiger partial charge in [-0.15, -0.1) is 0 Å². The number of hydrogen-bond donors (Lipinski definition) is 1.